The van der Waals surface area contributed by atoms with Gasteiger partial charge in [0, 0.05) is 16.2 Å². The van der Waals surface area contributed by atoms with Crippen molar-refractivity contribution in [2.75, 3.05) is 0 Å². The minimum atomic E-state index is 0.0683. The molecule has 1 heterocycles. The van der Waals surface area contributed by atoms with Gasteiger partial charge in [-0.25, -0.2) is 0 Å². The second-order valence-electron chi connectivity index (χ2n) is 5.36. The summed E-state index contributed by atoms with van der Waals surface area (Å²) in [6, 6.07) is 17.9. The fourth-order valence-corrected chi connectivity index (χ4v) is 3.52. The van der Waals surface area contributed by atoms with Gasteiger partial charge in [-0.1, -0.05) is 66.2 Å². The molecule has 22 heavy (non-hydrogen) atoms. The fraction of sp³-hybridized carbons (Fsp3) is 0. The van der Waals surface area contributed by atoms with E-state index in [1.54, 1.807) is 0 Å². The van der Waals surface area contributed by atoms with E-state index < -0.39 is 0 Å². The Labute approximate surface area is 134 Å². The molecule has 5 aromatic rings. The van der Waals surface area contributed by atoms with Crippen LogP contribution in [-0.2, 0) is 0 Å². The highest BCUT2D eigenvalue weighted by Gasteiger charge is 2.16. The molecule has 0 fully saturated rings. The van der Waals surface area contributed by atoms with Gasteiger partial charge in [0.05, 0.1) is 7.76 Å². The van der Waals surface area contributed by atoms with Gasteiger partial charge in [0.1, 0.15) is 11.2 Å². The predicted molar refractivity (Wildman–Crippen MR) is 93.7 cm³/mol. The number of hydrogen-bond acceptors (Lipinski definition) is 1. The lowest BCUT2D eigenvalue weighted by atomic mass is 9.97. The van der Waals surface area contributed by atoms with E-state index in [1.807, 2.05) is 36.4 Å². The molecule has 0 spiro atoms. The number of benzene rings is 4. The lowest BCUT2D eigenvalue weighted by Gasteiger charge is -2.06. The van der Waals surface area contributed by atoms with E-state index in [9.17, 15) is 0 Å². The summed E-state index contributed by atoms with van der Waals surface area (Å²) in [6.45, 7) is 0. The zero-order chi connectivity index (χ0) is 16.4. The average molecular weight is 305 g/mol. The van der Waals surface area contributed by atoms with Crippen LogP contribution in [0.25, 0.3) is 43.5 Å². The summed E-state index contributed by atoms with van der Waals surface area (Å²) in [4.78, 5) is 0. The molecule has 0 saturated heterocycles. The first kappa shape index (κ1) is 10.3. The maximum Gasteiger partial charge on any atom is 0.143 e. The van der Waals surface area contributed by atoms with Crippen molar-refractivity contribution >= 4 is 55.1 Å². The average Bonchev–Trinajstić information content (AvgIpc) is 3.02. The molecule has 0 aliphatic heterocycles. The highest BCUT2D eigenvalue weighted by atomic mass is 35.5. The Morgan fingerprint density at radius 1 is 0.773 bits per heavy atom. The van der Waals surface area contributed by atoms with Crippen molar-refractivity contribution in [3.05, 3.63) is 71.7 Å². The van der Waals surface area contributed by atoms with Crippen LogP contribution in [0.15, 0.2) is 71.1 Å². The predicted octanol–water partition coefficient (Wildman–Crippen LogP) is 6.55. The summed E-state index contributed by atoms with van der Waals surface area (Å²) in [5.74, 6) is 0. The smallest absolute Gasteiger partial charge is 0.143 e. The minimum Gasteiger partial charge on any atom is -0.455 e. The van der Waals surface area contributed by atoms with Crippen LogP contribution in [0.4, 0.5) is 0 Å². The Kier molecular flexibility index (Phi) is 1.98. The summed E-state index contributed by atoms with van der Waals surface area (Å²) < 4.78 is 22.2. The van der Waals surface area contributed by atoms with Gasteiger partial charge in [0.25, 0.3) is 0 Å². The Hall–Kier alpha value is -2.51. The molecule has 0 aliphatic rings. The van der Waals surface area contributed by atoms with Crippen LogP contribution in [-0.4, -0.2) is 0 Å². The number of hydrogen-bond donors (Lipinski definition) is 0. The zero-order valence-electron chi connectivity index (χ0n) is 13.5. The molecule has 1 nitrogen and oxygen atoms in total. The van der Waals surface area contributed by atoms with Crippen LogP contribution in [0, 0.1) is 0 Å². The van der Waals surface area contributed by atoms with Crippen molar-refractivity contribution in [3.8, 4) is 0 Å². The molecule has 0 unspecified atom stereocenters. The third-order valence-corrected chi connectivity index (χ3v) is 4.49. The Morgan fingerprint density at radius 2 is 1.41 bits per heavy atom. The monoisotopic (exact) mass is 304 g/mol. The lowest BCUT2D eigenvalue weighted by Crippen LogP contribution is -1.80. The van der Waals surface area contributed by atoms with E-state index in [0.717, 1.165) is 37.9 Å². The largest absolute Gasteiger partial charge is 0.455 e. The highest BCUT2D eigenvalue weighted by molar-refractivity contribution is 6.40. The van der Waals surface area contributed by atoms with Crippen molar-refractivity contribution in [1.82, 2.24) is 0 Å². The maximum atomic E-state index is 8.19. The van der Waals surface area contributed by atoms with E-state index in [1.165, 1.54) is 6.07 Å². The third kappa shape index (κ3) is 1.44. The topological polar surface area (TPSA) is 13.1 Å². The van der Waals surface area contributed by atoms with Crippen molar-refractivity contribution in [1.29, 1.82) is 0 Å². The molecule has 0 atom stereocenters. The van der Waals surface area contributed by atoms with E-state index in [2.05, 4.69) is 12.1 Å². The summed E-state index contributed by atoms with van der Waals surface area (Å²) >= 11 is 6.44. The van der Waals surface area contributed by atoms with Crippen molar-refractivity contribution in [3.63, 3.8) is 0 Å². The van der Waals surface area contributed by atoms with Gasteiger partial charge < -0.3 is 4.42 Å². The van der Waals surface area contributed by atoms with Crippen LogP contribution in [0.3, 0.4) is 0 Å². The van der Waals surface area contributed by atoms with Crippen LogP contribution in [0.1, 0.15) is 2.74 Å². The maximum absolute atomic E-state index is 8.19. The molecule has 0 amide bonds. The molecule has 0 saturated carbocycles. The number of halogens is 1. The summed E-state index contributed by atoms with van der Waals surface area (Å²) in [5.41, 5.74) is 1.10. The first-order valence-electron chi connectivity index (χ1n) is 8.08. The van der Waals surface area contributed by atoms with Crippen LogP contribution < -0.4 is 0 Å². The fourth-order valence-electron chi connectivity index (χ4n) is 3.28. The summed E-state index contributed by atoms with van der Waals surface area (Å²) in [5, 5.41) is 6.35. The molecule has 5 rings (SSSR count). The zero-order valence-corrected chi connectivity index (χ0v) is 12.2. The molecule has 2 heteroatoms. The first-order valence-corrected chi connectivity index (χ1v) is 7.46. The van der Waals surface area contributed by atoms with Gasteiger partial charge >= 0.3 is 0 Å². The van der Waals surface area contributed by atoms with Gasteiger partial charge in [0.15, 0.2) is 0 Å². The van der Waals surface area contributed by atoms with Crippen LogP contribution in [0.5, 0.6) is 0 Å². The quantitative estimate of drug-likeness (QED) is 0.296. The van der Waals surface area contributed by atoms with E-state index in [0.29, 0.717) is 10.6 Å². The third-order valence-electron chi connectivity index (χ3n) is 4.19. The van der Waals surface area contributed by atoms with Gasteiger partial charge in [-0.05, 0) is 28.3 Å². The van der Waals surface area contributed by atoms with E-state index in [4.69, 9.17) is 18.8 Å². The number of fused-ring (bicyclic) bond motifs is 8. The molecule has 0 N–H and O–H groups in total. The van der Waals surface area contributed by atoms with Crippen molar-refractivity contribution in [2.45, 2.75) is 0 Å². The Bertz CT molecular complexity index is 1290. The van der Waals surface area contributed by atoms with E-state index in [-0.39, 0.29) is 12.1 Å². The van der Waals surface area contributed by atoms with Gasteiger partial charge in [-0.3, -0.25) is 0 Å². The lowest BCUT2D eigenvalue weighted by molar-refractivity contribution is 0.673. The normalized spacial score (nSPS) is 13.1. The molecule has 0 bridgehead atoms. The van der Waals surface area contributed by atoms with Crippen LogP contribution >= 0.6 is 11.6 Å². The van der Waals surface area contributed by atoms with Gasteiger partial charge in [0.2, 0.25) is 0 Å². The second kappa shape index (κ2) is 4.25. The van der Waals surface area contributed by atoms with Crippen molar-refractivity contribution < 1.29 is 7.16 Å². The highest BCUT2D eigenvalue weighted by Crippen LogP contribution is 2.42. The Morgan fingerprint density at radius 3 is 2.18 bits per heavy atom. The molecular weight excluding hydrogens is 292 g/mol. The second-order valence-corrected chi connectivity index (χ2v) is 5.77. The Balaban J connectivity index is 2.23. The minimum absolute atomic E-state index is 0.0683. The molecular formula is C20H11ClO. The molecule has 104 valence electrons. The first-order chi connectivity index (χ1) is 11.7. The van der Waals surface area contributed by atoms with Gasteiger partial charge in [-0.15, -0.1) is 0 Å². The van der Waals surface area contributed by atoms with E-state index >= 15 is 0 Å². The summed E-state index contributed by atoms with van der Waals surface area (Å²) in [7, 11) is 0. The molecule has 0 radical (unpaired) electrons. The standard InChI is InChI=1S/C20H11ClO/c21-16-10-5-11-17-19(16)18-14-8-3-1-6-12(14)13-7-2-4-9-15(13)20(18)22-17/h1-11H/i5D,11D. The van der Waals surface area contributed by atoms with Crippen LogP contribution in [0.2, 0.25) is 5.02 Å². The number of rotatable bonds is 0. The van der Waals surface area contributed by atoms with Crippen molar-refractivity contribution in [2.24, 2.45) is 0 Å². The molecule has 1 aromatic heterocycles. The SMILES string of the molecule is [2H]c1cc(Cl)c2c(oc3c4ccccc4c4ccccc4c32)c1[2H]. The molecule has 4 aromatic carbocycles. The van der Waals surface area contributed by atoms with Gasteiger partial charge in [-0.2, -0.15) is 0 Å². The summed E-state index contributed by atoms with van der Waals surface area (Å²) in [6.07, 6.45) is 0. The number of furan rings is 1. The molecule has 0 aliphatic carbocycles.